The first kappa shape index (κ1) is 23.5. The minimum atomic E-state index is -0.664. The summed E-state index contributed by atoms with van der Waals surface area (Å²) in [5.74, 6) is 0.00334. The maximum Gasteiger partial charge on any atom is 0.410 e. The highest BCUT2D eigenvalue weighted by molar-refractivity contribution is 5.69. The van der Waals surface area contributed by atoms with Crippen LogP contribution < -0.4 is 4.74 Å². The number of non-ortho nitro benzene ring substituents is 1. The van der Waals surface area contributed by atoms with E-state index >= 15 is 0 Å². The van der Waals surface area contributed by atoms with E-state index in [0.717, 1.165) is 0 Å². The van der Waals surface area contributed by atoms with Crippen molar-refractivity contribution in [2.45, 2.75) is 51.5 Å². The van der Waals surface area contributed by atoms with Crippen molar-refractivity contribution in [2.24, 2.45) is 0 Å². The molecular weight excluding hydrogens is 419 g/mol. The summed E-state index contributed by atoms with van der Waals surface area (Å²) in [5.41, 5.74) is -0.0393. The number of benzene rings is 2. The average molecular weight is 446 g/mol. The molecule has 1 fully saturated rings. The van der Waals surface area contributed by atoms with Crippen LogP contribution in [0.15, 0.2) is 48.5 Å². The number of amides is 1. The third-order valence-corrected chi connectivity index (χ3v) is 4.85. The topological polar surface area (TPSA) is 91.1 Å². The fourth-order valence-corrected chi connectivity index (χ4v) is 3.42. The van der Waals surface area contributed by atoms with Crippen molar-refractivity contribution >= 4 is 11.8 Å². The van der Waals surface area contributed by atoms with Gasteiger partial charge >= 0.3 is 6.09 Å². The van der Waals surface area contributed by atoms with Gasteiger partial charge in [-0.1, -0.05) is 18.2 Å². The van der Waals surface area contributed by atoms with Crippen LogP contribution in [0.4, 0.5) is 14.9 Å². The molecule has 8 nitrogen and oxygen atoms in total. The number of likely N-dealkylation sites (tertiary alicyclic amines) is 1. The molecule has 0 aromatic heterocycles. The van der Waals surface area contributed by atoms with Crippen LogP contribution in [0.25, 0.3) is 0 Å². The van der Waals surface area contributed by atoms with Gasteiger partial charge in [-0.3, -0.25) is 15.0 Å². The Morgan fingerprint density at radius 1 is 1.22 bits per heavy atom. The van der Waals surface area contributed by atoms with Crippen molar-refractivity contribution in [3.05, 3.63) is 70.0 Å². The third kappa shape index (κ3) is 6.65. The Hall–Kier alpha value is -3.20. The van der Waals surface area contributed by atoms with E-state index in [2.05, 4.69) is 0 Å². The Bertz CT molecular complexity index is 961. The first-order valence-corrected chi connectivity index (χ1v) is 10.3. The van der Waals surface area contributed by atoms with Crippen LogP contribution in [-0.4, -0.2) is 46.8 Å². The number of hydrogen-bond acceptors (Lipinski definition) is 6. The van der Waals surface area contributed by atoms with E-state index < -0.39 is 16.6 Å². The minimum Gasteiger partial charge on any atom is -0.491 e. The summed E-state index contributed by atoms with van der Waals surface area (Å²) in [6, 6.07) is 11.7. The molecule has 9 heteroatoms. The van der Waals surface area contributed by atoms with Gasteiger partial charge in [0.15, 0.2) is 0 Å². The molecule has 1 heterocycles. The second-order valence-electron chi connectivity index (χ2n) is 8.65. The smallest absolute Gasteiger partial charge is 0.410 e. The molecule has 0 N–H and O–H groups in total. The Labute approximate surface area is 186 Å². The number of rotatable bonds is 7. The summed E-state index contributed by atoms with van der Waals surface area (Å²) in [6.07, 6.45) is -0.282. The summed E-state index contributed by atoms with van der Waals surface area (Å²) in [7, 11) is 0. The normalized spacial score (nSPS) is 18.4. The monoisotopic (exact) mass is 446 g/mol. The van der Waals surface area contributed by atoms with Crippen molar-refractivity contribution in [2.75, 3.05) is 13.2 Å². The molecule has 1 aliphatic heterocycles. The molecule has 0 bridgehead atoms. The van der Waals surface area contributed by atoms with Gasteiger partial charge in [0.1, 0.15) is 23.8 Å². The SMILES string of the molecule is CC(C)(C)OC(=O)N1C[C@H](OCc2cccc(F)c2)C[C@H]1COc1cccc([N+](=O)[O-])c1. The quantitative estimate of drug-likeness (QED) is 0.452. The van der Waals surface area contributed by atoms with Gasteiger partial charge in [0, 0.05) is 6.07 Å². The van der Waals surface area contributed by atoms with Gasteiger partial charge < -0.3 is 14.2 Å². The summed E-state index contributed by atoms with van der Waals surface area (Å²) in [5, 5.41) is 11.0. The lowest BCUT2D eigenvalue weighted by Gasteiger charge is -2.28. The molecule has 2 aromatic carbocycles. The number of carbonyl (C=O) groups is 1. The van der Waals surface area contributed by atoms with E-state index in [1.807, 2.05) is 0 Å². The van der Waals surface area contributed by atoms with Crippen molar-refractivity contribution in [1.29, 1.82) is 0 Å². The molecule has 0 radical (unpaired) electrons. The second-order valence-corrected chi connectivity index (χ2v) is 8.65. The number of ether oxygens (including phenoxy) is 3. The van der Waals surface area contributed by atoms with Gasteiger partial charge in [-0.2, -0.15) is 0 Å². The van der Waals surface area contributed by atoms with Crippen LogP contribution in [0.5, 0.6) is 5.75 Å². The first-order valence-electron chi connectivity index (χ1n) is 10.3. The van der Waals surface area contributed by atoms with Crippen molar-refractivity contribution < 1.29 is 28.3 Å². The summed E-state index contributed by atoms with van der Waals surface area (Å²) in [4.78, 5) is 24.8. The van der Waals surface area contributed by atoms with Crippen LogP contribution in [-0.2, 0) is 16.1 Å². The molecule has 0 spiro atoms. The van der Waals surface area contributed by atoms with Gasteiger partial charge in [-0.05, 0) is 51.0 Å². The van der Waals surface area contributed by atoms with Crippen LogP contribution in [0, 0.1) is 15.9 Å². The highest BCUT2D eigenvalue weighted by Crippen LogP contribution is 2.26. The predicted octanol–water partition coefficient (Wildman–Crippen LogP) is 4.71. The molecule has 1 aliphatic rings. The third-order valence-electron chi connectivity index (χ3n) is 4.85. The van der Waals surface area contributed by atoms with E-state index in [0.29, 0.717) is 24.3 Å². The fourth-order valence-electron chi connectivity index (χ4n) is 3.42. The van der Waals surface area contributed by atoms with E-state index in [4.69, 9.17) is 14.2 Å². The van der Waals surface area contributed by atoms with Crippen molar-refractivity contribution in [1.82, 2.24) is 4.90 Å². The zero-order valence-corrected chi connectivity index (χ0v) is 18.3. The molecule has 172 valence electrons. The molecule has 1 amide bonds. The van der Waals surface area contributed by atoms with Gasteiger partial charge in [0.05, 0.1) is 36.3 Å². The first-order chi connectivity index (χ1) is 15.1. The molecule has 32 heavy (non-hydrogen) atoms. The number of nitro groups is 1. The summed E-state index contributed by atoms with van der Waals surface area (Å²) in [6.45, 7) is 5.99. The van der Waals surface area contributed by atoms with E-state index in [9.17, 15) is 19.3 Å². The van der Waals surface area contributed by atoms with Crippen LogP contribution in [0.1, 0.15) is 32.8 Å². The summed E-state index contributed by atoms with van der Waals surface area (Å²) >= 11 is 0. The maximum atomic E-state index is 13.4. The van der Waals surface area contributed by atoms with Gasteiger partial charge in [-0.15, -0.1) is 0 Å². The minimum absolute atomic E-state index is 0.0748. The fraction of sp³-hybridized carbons (Fsp3) is 0.435. The number of carbonyl (C=O) groups excluding carboxylic acids is 1. The number of nitro benzene ring substituents is 1. The lowest BCUT2D eigenvalue weighted by molar-refractivity contribution is -0.384. The van der Waals surface area contributed by atoms with Crippen molar-refractivity contribution in [3.8, 4) is 5.75 Å². The Morgan fingerprint density at radius 2 is 1.97 bits per heavy atom. The highest BCUT2D eigenvalue weighted by atomic mass is 19.1. The van der Waals surface area contributed by atoms with E-state index in [-0.39, 0.29) is 36.9 Å². The van der Waals surface area contributed by atoms with Gasteiger partial charge in [0.25, 0.3) is 5.69 Å². The molecular formula is C23H27FN2O6. The molecule has 0 unspecified atom stereocenters. The highest BCUT2D eigenvalue weighted by Gasteiger charge is 2.38. The largest absolute Gasteiger partial charge is 0.491 e. The van der Waals surface area contributed by atoms with Crippen LogP contribution in [0.2, 0.25) is 0 Å². The van der Waals surface area contributed by atoms with Crippen molar-refractivity contribution in [3.63, 3.8) is 0 Å². The maximum absolute atomic E-state index is 13.4. The standard InChI is InChI=1S/C23H27FN2O6/c1-23(2,3)32-22(27)25-13-21(30-14-16-6-4-7-17(24)10-16)12-19(25)15-31-20-9-5-8-18(11-20)26(28)29/h4-11,19,21H,12-15H2,1-3H3/t19-,21+/m0/s1. The summed E-state index contributed by atoms with van der Waals surface area (Å²) < 4.78 is 30.6. The van der Waals surface area contributed by atoms with E-state index in [1.165, 1.54) is 24.3 Å². The molecule has 1 saturated heterocycles. The van der Waals surface area contributed by atoms with Gasteiger partial charge in [-0.25, -0.2) is 9.18 Å². The molecule has 0 saturated carbocycles. The predicted molar refractivity (Wildman–Crippen MR) is 115 cm³/mol. The van der Waals surface area contributed by atoms with E-state index in [1.54, 1.807) is 49.9 Å². The van der Waals surface area contributed by atoms with Crippen LogP contribution >= 0.6 is 0 Å². The molecule has 2 atom stereocenters. The lowest BCUT2D eigenvalue weighted by Crippen LogP contribution is -2.42. The molecule has 3 rings (SSSR count). The Balaban J connectivity index is 1.66. The lowest BCUT2D eigenvalue weighted by atomic mass is 10.2. The second kappa shape index (κ2) is 9.95. The zero-order chi connectivity index (χ0) is 23.3. The zero-order valence-electron chi connectivity index (χ0n) is 18.3. The molecule has 0 aliphatic carbocycles. The number of halogens is 1. The number of nitrogens with zero attached hydrogens (tertiary/aromatic N) is 2. The average Bonchev–Trinajstić information content (AvgIpc) is 3.13. The van der Waals surface area contributed by atoms with Gasteiger partial charge in [0.2, 0.25) is 0 Å². The Kier molecular flexibility index (Phi) is 7.29. The Morgan fingerprint density at radius 3 is 2.66 bits per heavy atom. The number of hydrogen-bond donors (Lipinski definition) is 0. The molecule has 2 aromatic rings. The van der Waals surface area contributed by atoms with Crippen LogP contribution in [0.3, 0.4) is 0 Å².